The van der Waals surface area contributed by atoms with Gasteiger partial charge in [-0.2, -0.15) is 0 Å². The second-order valence-electron chi connectivity index (χ2n) is 5.52. The largest absolute Gasteiger partial charge is 0.392 e. The lowest BCUT2D eigenvalue weighted by atomic mass is 9.79. The number of benzene rings is 1. The highest BCUT2D eigenvalue weighted by molar-refractivity contribution is 5.21. The molecule has 0 heterocycles. The van der Waals surface area contributed by atoms with Gasteiger partial charge in [0.15, 0.2) is 0 Å². The summed E-state index contributed by atoms with van der Waals surface area (Å²) < 4.78 is 0. The molecule has 3 unspecified atom stereocenters. The van der Waals surface area contributed by atoms with Crippen molar-refractivity contribution in [2.24, 2.45) is 11.8 Å². The van der Waals surface area contributed by atoms with Crippen LogP contribution < -0.4 is 0 Å². The van der Waals surface area contributed by atoms with E-state index in [1.165, 1.54) is 5.56 Å². The summed E-state index contributed by atoms with van der Waals surface area (Å²) in [5.41, 5.74) is 1.27. The third-order valence-corrected chi connectivity index (χ3v) is 3.57. The summed E-state index contributed by atoms with van der Waals surface area (Å²) in [5, 5.41) is 10.4. The Balaban J connectivity index is 2.88. The minimum atomic E-state index is -0.229. The molecule has 0 spiro atoms. The molecule has 1 heteroatoms. The van der Waals surface area contributed by atoms with Gasteiger partial charge in [-0.3, -0.25) is 0 Å². The van der Waals surface area contributed by atoms with E-state index in [0.717, 1.165) is 12.8 Å². The average Bonchev–Trinajstić information content (AvgIpc) is 2.29. The van der Waals surface area contributed by atoms with Gasteiger partial charge in [-0.05, 0) is 23.8 Å². The van der Waals surface area contributed by atoms with Crippen LogP contribution in [0.1, 0.15) is 52.0 Å². The van der Waals surface area contributed by atoms with Crippen molar-refractivity contribution in [1.29, 1.82) is 0 Å². The Kier molecular flexibility index (Phi) is 5.70. The summed E-state index contributed by atoms with van der Waals surface area (Å²) in [6, 6.07) is 10.4. The van der Waals surface area contributed by atoms with Gasteiger partial charge in [-0.15, -0.1) is 0 Å². The fourth-order valence-corrected chi connectivity index (χ4v) is 2.49. The molecular formula is C16H26O. The summed E-state index contributed by atoms with van der Waals surface area (Å²) in [4.78, 5) is 0. The lowest BCUT2D eigenvalue weighted by Gasteiger charge is -2.29. The van der Waals surface area contributed by atoms with Crippen molar-refractivity contribution in [3.63, 3.8) is 0 Å². The van der Waals surface area contributed by atoms with Crippen molar-refractivity contribution in [3.05, 3.63) is 35.9 Å². The number of hydrogen-bond donors (Lipinski definition) is 1. The predicted molar refractivity (Wildman–Crippen MR) is 74.1 cm³/mol. The van der Waals surface area contributed by atoms with Crippen molar-refractivity contribution in [2.75, 3.05) is 0 Å². The van der Waals surface area contributed by atoms with Crippen molar-refractivity contribution >= 4 is 0 Å². The predicted octanol–water partition coefficient (Wildman–Crippen LogP) is 4.22. The van der Waals surface area contributed by atoms with Crippen LogP contribution in [0.3, 0.4) is 0 Å². The molecule has 3 atom stereocenters. The Hall–Kier alpha value is -0.820. The van der Waals surface area contributed by atoms with E-state index >= 15 is 0 Å². The monoisotopic (exact) mass is 234 g/mol. The fraction of sp³-hybridized carbons (Fsp3) is 0.625. The Morgan fingerprint density at radius 1 is 1.06 bits per heavy atom. The van der Waals surface area contributed by atoms with Crippen LogP contribution in [0.4, 0.5) is 0 Å². The molecule has 17 heavy (non-hydrogen) atoms. The number of aliphatic hydroxyl groups is 1. The van der Waals surface area contributed by atoms with E-state index in [4.69, 9.17) is 0 Å². The van der Waals surface area contributed by atoms with Crippen LogP contribution in [-0.4, -0.2) is 11.2 Å². The first-order valence-electron chi connectivity index (χ1n) is 6.79. The van der Waals surface area contributed by atoms with E-state index in [9.17, 15) is 5.11 Å². The molecule has 0 aliphatic rings. The van der Waals surface area contributed by atoms with Crippen LogP contribution in [0.5, 0.6) is 0 Å². The summed E-state index contributed by atoms with van der Waals surface area (Å²) in [5.74, 6) is 1.33. The smallest absolute Gasteiger partial charge is 0.0613 e. The zero-order valence-corrected chi connectivity index (χ0v) is 11.6. The van der Waals surface area contributed by atoms with Crippen LogP contribution in [-0.2, 0) is 0 Å². The van der Waals surface area contributed by atoms with Crippen LogP contribution in [0.25, 0.3) is 0 Å². The maximum absolute atomic E-state index is 10.4. The van der Waals surface area contributed by atoms with Gasteiger partial charge in [0.25, 0.3) is 0 Å². The van der Waals surface area contributed by atoms with Crippen LogP contribution in [0.15, 0.2) is 30.3 Å². The minimum absolute atomic E-state index is 0.229. The molecule has 1 N–H and O–H groups in total. The van der Waals surface area contributed by atoms with E-state index in [-0.39, 0.29) is 12.0 Å². The van der Waals surface area contributed by atoms with Crippen molar-refractivity contribution in [2.45, 2.75) is 52.6 Å². The van der Waals surface area contributed by atoms with Crippen LogP contribution >= 0.6 is 0 Å². The van der Waals surface area contributed by atoms with E-state index in [0.29, 0.717) is 11.8 Å². The van der Waals surface area contributed by atoms with E-state index in [1.54, 1.807) is 0 Å². The quantitative estimate of drug-likeness (QED) is 0.781. The molecule has 1 nitrogen and oxygen atoms in total. The summed E-state index contributed by atoms with van der Waals surface area (Å²) >= 11 is 0. The third-order valence-electron chi connectivity index (χ3n) is 3.57. The molecule has 0 radical (unpaired) electrons. The molecule has 0 aliphatic heterocycles. The Morgan fingerprint density at radius 3 is 2.12 bits per heavy atom. The second kappa shape index (κ2) is 6.80. The third kappa shape index (κ3) is 4.16. The maximum atomic E-state index is 10.4. The van der Waals surface area contributed by atoms with Gasteiger partial charge in [0.2, 0.25) is 0 Å². The van der Waals surface area contributed by atoms with Gasteiger partial charge in [-0.1, -0.05) is 64.4 Å². The lowest BCUT2D eigenvalue weighted by Crippen LogP contribution is -2.25. The Morgan fingerprint density at radius 2 is 1.65 bits per heavy atom. The SMILES string of the molecule is CCC(C)C(c1ccccc1)C(O)CC(C)C. The van der Waals surface area contributed by atoms with Crippen molar-refractivity contribution < 1.29 is 5.11 Å². The lowest BCUT2D eigenvalue weighted by molar-refractivity contribution is 0.0960. The van der Waals surface area contributed by atoms with Crippen molar-refractivity contribution in [1.82, 2.24) is 0 Å². The highest BCUT2D eigenvalue weighted by Crippen LogP contribution is 2.32. The maximum Gasteiger partial charge on any atom is 0.0613 e. The molecule has 0 saturated heterocycles. The normalized spacial score (nSPS) is 16.8. The molecule has 0 aromatic heterocycles. The zero-order valence-electron chi connectivity index (χ0n) is 11.6. The van der Waals surface area contributed by atoms with Gasteiger partial charge < -0.3 is 5.11 Å². The highest BCUT2D eigenvalue weighted by atomic mass is 16.3. The van der Waals surface area contributed by atoms with Crippen LogP contribution in [0, 0.1) is 11.8 Å². The minimum Gasteiger partial charge on any atom is -0.392 e. The molecular weight excluding hydrogens is 208 g/mol. The first-order chi connectivity index (χ1) is 8.06. The Bertz CT molecular complexity index is 305. The number of hydrogen-bond acceptors (Lipinski definition) is 1. The molecule has 0 amide bonds. The topological polar surface area (TPSA) is 20.2 Å². The molecule has 1 aromatic rings. The molecule has 1 rings (SSSR count). The van der Waals surface area contributed by atoms with Crippen molar-refractivity contribution in [3.8, 4) is 0 Å². The average molecular weight is 234 g/mol. The number of rotatable bonds is 6. The summed E-state index contributed by atoms with van der Waals surface area (Å²) in [6.07, 6.45) is 1.76. The molecule has 0 aliphatic carbocycles. The summed E-state index contributed by atoms with van der Waals surface area (Å²) in [7, 11) is 0. The summed E-state index contributed by atoms with van der Waals surface area (Å²) in [6.45, 7) is 8.77. The zero-order chi connectivity index (χ0) is 12.8. The molecule has 0 saturated carbocycles. The first-order valence-corrected chi connectivity index (χ1v) is 6.79. The van der Waals surface area contributed by atoms with E-state index < -0.39 is 0 Å². The van der Waals surface area contributed by atoms with Gasteiger partial charge in [0.1, 0.15) is 0 Å². The number of aliphatic hydroxyl groups excluding tert-OH is 1. The first kappa shape index (κ1) is 14.2. The fourth-order valence-electron chi connectivity index (χ4n) is 2.49. The molecule has 0 fully saturated rings. The molecule has 1 aromatic carbocycles. The van der Waals surface area contributed by atoms with E-state index in [1.807, 2.05) is 6.07 Å². The van der Waals surface area contributed by atoms with Crippen LogP contribution in [0.2, 0.25) is 0 Å². The standard InChI is InChI=1S/C16H26O/c1-5-13(4)16(15(17)11-12(2)3)14-9-7-6-8-10-14/h6-10,12-13,15-17H,5,11H2,1-4H3. The van der Waals surface area contributed by atoms with Gasteiger partial charge >= 0.3 is 0 Å². The van der Waals surface area contributed by atoms with E-state index in [2.05, 4.69) is 52.0 Å². The van der Waals surface area contributed by atoms with Gasteiger partial charge in [0, 0.05) is 5.92 Å². The second-order valence-corrected chi connectivity index (χ2v) is 5.52. The Labute approximate surface area is 106 Å². The molecule has 0 bridgehead atoms. The highest BCUT2D eigenvalue weighted by Gasteiger charge is 2.26. The van der Waals surface area contributed by atoms with Gasteiger partial charge in [0.05, 0.1) is 6.10 Å². The van der Waals surface area contributed by atoms with Gasteiger partial charge in [-0.25, -0.2) is 0 Å². The molecule has 96 valence electrons.